The third-order valence-electron chi connectivity index (χ3n) is 7.41. The minimum Gasteiger partial charge on any atom is -0.312 e. The fraction of sp³-hybridized carbons (Fsp3) is 0.267. The second-order valence-electron chi connectivity index (χ2n) is 9.98. The Bertz CT molecular complexity index is 1410. The predicted molar refractivity (Wildman–Crippen MR) is 143 cm³/mol. The standard InChI is InChI=1S/C30H29N5O2/c36-29-18-21-9-11-24(12-10-21)35-26(14-16-28(35)32-30(37)17-20-5-2-1-3-6-20)23-8-4-7-22(19-23)25-13-15-27(31-29)34-33-25/h1-3,5-6,9-16,22-23H,4,7-8,17-19H2,(H,32,37)(H,31,34,36)/t22-,23-/m0/s1. The van der Waals surface area contributed by atoms with E-state index in [1.165, 1.54) is 5.69 Å². The third kappa shape index (κ3) is 5.03. The van der Waals surface area contributed by atoms with Crippen molar-refractivity contribution in [3.05, 3.63) is 101 Å². The molecule has 37 heavy (non-hydrogen) atoms. The molecule has 6 heterocycles. The highest BCUT2D eigenvalue weighted by molar-refractivity contribution is 5.92. The van der Waals surface area contributed by atoms with Crippen molar-refractivity contribution in [2.45, 2.75) is 50.4 Å². The number of benzene rings is 2. The highest BCUT2D eigenvalue weighted by Crippen LogP contribution is 2.42. The Morgan fingerprint density at radius 1 is 0.919 bits per heavy atom. The van der Waals surface area contributed by atoms with Gasteiger partial charge in [-0.2, -0.15) is 5.10 Å². The number of amides is 2. The first-order valence-corrected chi connectivity index (χ1v) is 12.9. The van der Waals surface area contributed by atoms with Gasteiger partial charge in [0.25, 0.3) is 0 Å². The number of carbonyl (C=O) groups excluding carboxylic acids is 2. The number of carbonyl (C=O) groups is 2. The SMILES string of the molecule is O=C1Cc2ccc(cc2)-n2c(NC(=O)Cc3ccccc3)ccc2[C@H]2CCC[C@@H](C2)c2ccc(nn2)N1. The van der Waals surface area contributed by atoms with Gasteiger partial charge in [-0.1, -0.05) is 48.9 Å². The van der Waals surface area contributed by atoms with Gasteiger partial charge in [-0.25, -0.2) is 0 Å². The van der Waals surface area contributed by atoms with Crippen LogP contribution >= 0.6 is 0 Å². The molecule has 2 aromatic carbocycles. The van der Waals surface area contributed by atoms with Crippen LogP contribution in [0.1, 0.15) is 60.0 Å². The summed E-state index contributed by atoms with van der Waals surface area (Å²) in [5.41, 5.74) is 5.00. The van der Waals surface area contributed by atoms with E-state index in [0.717, 1.165) is 54.0 Å². The zero-order valence-electron chi connectivity index (χ0n) is 20.6. The van der Waals surface area contributed by atoms with Gasteiger partial charge in [0.2, 0.25) is 11.8 Å². The van der Waals surface area contributed by atoms with E-state index in [1.807, 2.05) is 72.8 Å². The first kappa shape index (κ1) is 23.2. The highest BCUT2D eigenvalue weighted by atomic mass is 16.2. The van der Waals surface area contributed by atoms with Gasteiger partial charge in [0.15, 0.2) is 5.82 Å². The molecule has 1 aliphatic carbocycles. The first-order valence-electron chi connectivity index (χ1n) is 12.9. The molecule has 186 valence electrons. The summed E-state index contributed by atoms with van der Waals surface area (Å²) in [6, 6.07) is 25.8. The molecule has 0 saturated heterocycles. The molecule has 2 atom stereocenters. The number of anilines is 2. The molecule has 1 fully saturated rings. The molecule has 9 rings (SSSR count). The molecule has 4 aliphatic heterocycles. The molecule has 0 radical (unpaired) electrons. The molecule has 2 amide bonds. The molecule has 4 aromatic rings. The van der Waals surface area contributed by atoms with E-state index in [4.69, 9.17) is 0 Å². The maximum absolute atomic E-state index is 13.0. The Hall–Kier alpha value is -4.26. The van der Waals surface area contributed by atoms with Crippen molar-refractivity contribution in [3.8, 4) is 5.69 Å². The van der Waals surface area contributed by atoms with E-state index in [9.17, 15) is 9.59 Å². The number of rotatable bonds is 3. The predicted octanol–water partition coefficient (Wildman–Crippen LogP) is 5.38. The summed E-state index contributed by atoms with van der Waals surface area (Å²) in [6.45, 7) is 0. The van der Waals surface area contributed by atoms with Crippen molar-refractivity contribution in [3.63, 3.8) is 0 Å². The maximum Gasteiger partial charge on any atom is 0.229 e. The summed E-state index contributed by atoms with van der Waals surface area (Å²) in [6.07, 6.45) is 4.75. The smallest absolute Gasteiger partial charge is 0.229 e. The first-order chi connectivity index (χ1) is 18.1. The number of hydrogen-bond donors (Lipinski definition) is 2. The van der Waals surface area contributed by atoms with Crippen LogP contribution in [0.5, 0.6) is 0 Å². The van der Waals surface area contributed by atoms with Crippen LogP contribution in [-0.2, 0) is 22.4 Å². The van der Waals surface area contributed by atoms with Crippen LogP contribution in [0, 0.1) is 0 Å². The minimum absolute atomic E-state index is 0.0515. The second-order valence-corrected chi connectivity index (χ2v) is 9.98. The molecule has 5 aliphatic rings. The zero-order chi connectivity index (χ0) is 25.2. The Morgan fingerprint density at radius 2 is 1.73 bits per heavy atom. The van der Waals surface area contributed by atoms with Crippen LogP contribution < -0.4 is 10.6 Å². The summed E-state index contributed by atoms with van der Waals surface area (Å²) in [7, 11) is 0. The largest absolute Gasteiger partial charge is 0.312 e. The summed E-state index contributed by atoms with van der Waals surface area (Å²) >= 11 is 0. The van der Waals surface area contributed by atoms with Crippen LogP contribution in [0.4, 0.5) is 11.6 Å². The van der Waals surface area contributed by atoms with E-state index in [-0.39, 0.29) is 18.2 Å². The van der Waals surface area contributed by atoms with Gasteiger partial charge in [0.05, 0.1) is 18.5 Å². The molecule has 0 unspecified atom stereocenters. The van der Waals surface area contributed by atoms with E-state index in [0.29, 0.717) is 24.1 Å². The number of nitrogens with one attached hydrogen (secondary N) is 2. The normalized spacial score (nSPS) is 18.8. The van der Waals surface area contributed by atoms with Crippen LogP contribution in [0.3, 0.4) is 0 Å². The third-order valence-corrected chi connectivity index (χ3v) is 7.41. The van der Waals surface area contributed by atoms with Crippen molar-refractivity contribution < 1.29 is 9.59 Å². The molecule has 6 bridgehead atoms. The highest BCUT2D eigenvalue weighted by Gasteiger charge is 2.29. The number of aromatic nitrogens is 3. The van der Waals surface area contributed by atoms with Gasteiger partial charge in [0.1, 0.15) is 5.82 Å². The summed E-state index contributed by atoms with van der Waals surface area (Å²) in [5.74, 6) is 1.68. The maximum atomic E-state index is 13.0. The molecule has 1 saturated carbocycles. The van der Waals surface area contributed by atoms with Gasteiger partial charge < -0.3 is 15.2 Å². The Balaban J connectivity index is 1.38. The lowest BCUT2D eigenvalue weighted by molar-refractivity contribution is -0.116. The lowest BCUT2D eigenvalue weighted by Gasteiger charge is -2.30. The van der Waals surface area contributed by atoms with Crippen molar-refractivity contribution in [1.29, 1.82) is 0 Å². The summed E-state index contributed by atoms with van der Waals surface area (Å²) < 4.78 is 2.17. The Labute approximate surface area is 215 Å². The van der Waals surface area contributed by atoms with E-state index in [1.54, 1.807) is 0 Å². The molecule has 2 N–H and O–H groups in total. The number of nitrogens with zero attached hydrogens (tertiary/aromatic N) is 3. The molecule has 0 spiro atoms. The van der Waals surface area contributed by atoms with Crippen molar-refractivity contribution >= 4 is 23.5 Å². The van der Waals surface area contributed by atoms with Gasteiger partial charge in [-0.05, 0) is 66.8 Å². The molecule has 7 nitrogen and oxygen atoms in total. The fourth-order valence-corrected chi connectivity index (χ4v) is 5.61. The van der Waals surface area contributed by atoms with Gasteiger partial charge in [0, 0.05) is 23.2 Å². The van der Waals surface area contributed by atoms with Crippen molar-refractivity contribution in [2.75, 3.05) is 10.6 Å². The topological polar surface area (TPSA) is 88.9 Å². The van der Waals surface area contributed by atoms with Crippen LogP contribution in [0.25, 0.3) is 5.69 Å². The van der Waals surface area contributed by atoms with Crippen molar-refractivity contribution in [1.82, 2.24) is 14.8 Å². The van der Waals surface area contributed by atoms with Gasteiger partial charge in [-0.3, -0.25) is 9.59 Å². The van der Waals surface area contributed by atoms with Gasteiger partial charge in [-0.15, -0.1) is 5.10 Å². The molecular formula is C30H29N5O2. The number of hydrogen-bond acceptors (Lipinski definition) is 4. The fourth-order valence-electron chi connectivity index (χ4n) is 5.61. The lowest BCUT2D eigenvalue weighted by Crippen LogP contribution is -2.20. The molecular weight excluding hydrogens is 462 g/mol. The Morgan fingerprint density at radius 3 is 2.51 bits per heavy atom. The van der Waals surface area contributed by atoms with Crippen LogP contribution in [-0.4, -0.2) is 26.6 Å². The molecule has 2 aromatic heterocycles. The monoisotopic (exact) mass is 491 g/mol. The zero-order valence-corrected chi connectivity index (χ0v) is 20.6. The Kier molecular flexibility index (Phi) is 6.26. The second kappa shape index (κ2) is 10.0. The summed E-state index contributed by atoms with van der Waals surface area (Å²) in [5, 5.41) is 14.8. The van der Waals surface area contributed by atoms with E-state index < -0.39 is 0 Å². The molecule has 7 heteroatoms. The summed E-state index contributed by atoms with van der Waals surface area (Å²) in [4.78, 5) is 25.6. The quantitative estimate of drug-likeness (QED) is 0.402. The average Bonchev–Trinajstić information content (AvgIpc) is 3.33. The van der Waals surface area contributed by atoms with Crippen LogP contribution in [0.15, 0.2) is 78.9 Å². The minimum atomic E-state index is -0.129. The van der Waals surface area contributed by atoms with Crippen LogP contribution in [0.2, 0.25) is 0 Å². The lowest BCUT2D eigenvalue weighted by atomic mass is 9.78. The average molecular weight is 492 g/mol. The van der Waals surface area contributed by atoms with Gasteiger partial charge >= 0.3 is 0 Å². The van der Waals surface area contributed by atoms with E-state index in [2.05, 4.69) is 31.5 Å². The van der Waals surface area contributed by atoms with Crippen molar-refractivity contribution in [2.24, 2.45) is 0 Å². The van der Waals surface area contributed by atoms with E-state index >= 15 is 0 Å².